The van der Waals surface area contributed by atoms with Crippen LogP contribution in [-0.2, 0) is 4.74 Å². The smallest absolute Gasteiger partial charge is 0.347 e. The summed E-state index contributed by atoms with van der Waals surface area (Å²) >= 11 is 0. The summed E-state index contributed by atoms with van der Waals surface area (Å²) in [5.41, 5.74) is -1.10. The number of rotatable bonds is 6. The minimum absolute atomic E-state index is 0.0326. The van der Waals surface area contributed by atoms with Crippen LogP contribution >= 0.6 is 0 Å². The summed E-state index contributed by atoms with van der Waals surface area (Å²) in [5.74, 6) is -9.40. The van der Waals surface area contributed by atoms with Gasteiger partial charge in [0, 0.05) is 5.56 Å². The zero-order valence-electron chi connectivity index (χ0n) is 14.3. The monoisotopic (exact) mass is 386 g/mol. The first-order valence-corrected chi connectivity index (χ1v) is 7.80. The largest absolute Gasteiger partial charge is 0.497 e. The van der Waals surface area contributed by atoms with Crippen LogP contribution in [0.3, 0.4) is 0 Å². The second-order valence-corrected chi connectivity index (χ2v) is 5.73. The van der Waals surface area contributed by atoms with Gasteiger partial charge in [-0.2, -0.15) is 8.78 Å². The Morgan fingerprint density at radius 3 is 2.33 bits per heavy atom. The van der Waals surface area contributed by atoms with Crippen molar-refractivity contribution < 1.29 is 41.3 Å². The lowest BCUT2D eigenvalue weighted by Crippen LogP contribution is -2.16. The van der Waals surface area contributed by atoms with E-state index in [-0.39, 0.29) is 29.8 Å². The van der Waals surface area contributed by atoms with Gasteiger partial charge in [-0.3, -0.25) is 0 Å². The van der Waals surface area contributed by atoms with Crippen molar-refractivity contribution in [3.63, 3.8) is 0 Å². The van der Waals surface area contributed by atoms with Crippen molar-refractivity contribution in [3.8, 4) is 17.2 Å². The van der Waals surface area contributed by atoms with Gasteiger partial charge in [0.2, 0.25) is 17.4 Å². The van der Waals surface area contributed by atoms with Crippen molar-refractivity contribution in [2.45, 2.75) is 13.0 Å². The van der Waals surface area contributed by atoms with Crippen LogP contribution in [0.4, 0.5) is 17.6 Å². The summed E-state index contributed by atoms with van der Waals surface area (Å²) in [5, 5.41) is 0. The first kappa shape index (κ1) is 19.0. The number of hydrogen-bond donors (Lipinski definition) is 0. The van der Waals surface area contributed by atoms with Crippen LogP contribution in [-0.4, -0.2) is 32.4 Å². The van der Waals surface area contributed by atoms with Crippen molar-refractivity contribution in [1.82, 2.24) is 0 Å². The zero-order valence-corrected chi connectivity index (χ0v) is 14.3. The quantitative estimate of drug-likeness (QED) is 0.250. The molecule has 0 radical (unpaired) electrons. The third kappa shape index (κ3) is 3.82. The molecule has 0 spiro atoms. The molecule has 0 bridgehead atoms. The first-order valence-electron chi connectivity index (χ1n) is 7.80. The van der Waals surface area contributed by atoms with Gasteiger partial charge in [-0.15, -0.1) is 0 Å². The molecule has 5 nitrogen and oxygen atoms in total. The Balaban J connectivity index is 1.94. The first-order chi connectivity index (χ1) is 12.8. The Hall–Kier alpha value is -2.81. The molecule has 1 aliphatic heterocycles. The predicted molar refractivity (Wildman–Crippen MR) is 84.2 cm³/mol. The van der Waals surface area contributed by atoms with Gasteiger partial charge >= 0.3 is 5.97 Å². The van der Waals surface area contributed by atoms with Gasteiger partial charge in [-0.1, -0.05) is 0 Å². The minimum Gasteiger partial charge on any atom is -0.497 e. The fourth-order valence-corrected chi connectivity index (χ4v) is 2.23. The van der Waals surface area contributed by atoms with E-state index in [0.29, 0.717) is 6.61 Å². The molecule has 1 saturated heterocycles. The summed E-state index contributed by atoms with van der Waals surface area (Å²) in [6.07, 6.45) is -0.119. The van der Waals surface area contributed by atoms with E-state index in [9.17, 15) is 22.4 Å². The van der Waals surface area contributed by atoms with E-state index in [4.69, 9.17) is 14.2 Å². The average molecular weight is 386 g/mol. The molecule has 144 valence electrons. The molecule has 0 saturated carbocycles. The molecular weight excluding hydrogens is 372 g/mol. The van der Waals surface area contributed by atoms with E-state index in [1.54, 1.807) is 0 Å². The van der Waals surface area contributed by atoms with Gasteiger partial charge in [0.05, 0.1) is 13.7 Å². The molecule has 1 aliphatic rings. The normalized spacial score (nSPS) is 15.4. The molecule has 3 rings (SSSR count). The van der Waals surface area contributed by atoms with E-state index in [0.717, 1.165) is 6.92 Å². The van der Waals surface area contributed by atoms with Gasteiger partial charge in [0.25, 0.3) is 0 Å². The van der Waals surface area contributed by atoms with E-state index < -0.39 is 40.6 Å². The molecule has 2 aromatic carbocycles. The van der Waals surface area contributed by atoms with Gasteiger partial charge in [0.1, 0.15) is 29.8 Å². The van der Waals surface area contributed by atoms with Gasteiger partial charge in [-0.05, 0) is 25.1 Å². The van der Waals surface area contributed by atoms with Gasteiger partial charge < -0.3 is 18.9 Å². The Labute approximate surface area is 151 Å². The Kier molecular flexibility index (Phi) is 5.22. The third-order valence-electron chi connectivity index (χ3n) is 3.87. The van der Waals surface area contributed by atoms with Crippen molar-refractivity contribution in [3.05, 3.63) is 52.6 Å². The number of hydrogen-bond acceptors (Lipinski definition) is 5. The molecular formula is C18H14F4O5. The van der Waals surface area contributed by atoms with Crippen LogP contribution in [0.5, 0.6) is 17.2 Å². The lowest BCUT2D eigenvalue weighted by molar-refractivity contribution is 0.0711. The number of esters is 1. The van der Waals surface area contributed by atoms with E-state index in [2.05, 4.69) is 4.74 Å². The molecule has 27 heavy (non-hydrogen) atoms. The number of benzene rings is 2. The molecule has 0 aromatic heterocycles. The number of epoxide rings is 1. The molecule has 0 aliphatic carbocycles. The van der Waals surface area contributed by atoms with Crippen LogP contribution in [0.1, 0.15) is 15.9 Å². The molecule has 9 heteroatoms. The highest BCUT2D eigenvalue weighted by atomic mass is 19.2. The Morgan fingerprint density at radius 2 is 1.78 bits per heavy atom. The molecule has 0 amide bonds. The summed E-state index contributed by atoms with van der Waals surface area (Å²) < 4.78 is 75.3. The summed E-state index contributed by atoms with van der Waals surface area (Å²) in [6.45, 7) is 1.51. The second kappa shape index (κ2) is 7.43. The highest BCUT2D eigenvalue weighted by molar-refractivity contribution is 5.94. The van der Waals surface area contributed by atoms with Crippen LogP contribution in [0, 0.1) is 30.2 Å². The second-order valence-electron chi connectivity index (χ2n) is 5.73. The average Bonchev–Trinajstić information content (AvgIpc) is 3.50. The fourth-order valence-electron chi connectivity index (χ4n) is 2.23. The third-order valence-corrected chi connectivity index (χ3v) is 3.87. The number of carbonyl (C=O) groups excluding carboxylic acids is 1. The zero-order chi connectivity index (χ0) is 19.7. The standard InChI is InChI=1S/C18H14F4O5/c1-8-13(19)15(21)17(16(22)14(8)20)27-18(23)11-5-9(24-2)3-4-12(11)26-7-10-6-25-10/h3-5,10H,6-7H2,1-2H3. The maximum atomic E-state index is 14.0. The van der Waals surface area contributed by atoms with Gasteiger partial charge in [0.15, 0.2) is 11.6 Å². The summed E-state index contributed by atoms with van der Waals surface area (Å²) in [6, 6.07) is 4.09. The van der Waals surface area contributed by atoms with E-state index in [1.807, 2.05) is 0 Å². The van der Waals surface area contributed by atoms with Gasteiger partial charge in [-0.25, -0.2) is 13.6 Å². The summed E-state index contributed by atoms with van der Waals surface area (Å²) in [4.78, 5) is 12.4. The van der Waals surface area contributed by atoms with Crippen molar-refractivity contribution in [2.75, 3.05) is 20.3 Å². The number of halogens is 4. The van der Waals surface area contributed by atoms with Crippen LogP contribution < -0.4 is 14.2 Å². The SMILES string of the molecule is COc1ccc(OCC2CO2)c(C(=O)Oc2c(F)c(F)c(C)c(F)c2F)c1. The van der Waals surface area contributed by atoms with Crippen LogP contribution in [0.25, 0.3) is 0 Å². The highest BCUT2D eigenvalue weighted by Crippen LogP contribution is 2.32. The Morgan fingerprint density at radius 1 is 1.15 bits per heavy atom. The lowest BCUT2D eigenvalue weighted by atomic mass is 10.1. The van der Waals surface area contributed by atoms with Crippen LogP contribution in [0.15, 0.2) is 18.2 Å². The molecule has 1 atom stereocenters. The number of ether oxygens (including phenoxy) is 4. The predicted octanol–water partition coefficient (Wildman–Crippen LogP) is 3.56. The van der Waals surface area contributed by atoms with Crippen molar-refractivity contribution in [2.24, 2.45) is 0 Å². The Bertz CT molecular complexity index is 867. The number of methoxy groups -OCH3 is 1. The molecule has 1 fully saturated rings. The molecule has 1 unspecified atom stereocenters. The highest BCUT2D eigenvalue weighted by Gasteiger charge is 2.29. The van der Waals surface area contributed by atoms with E-state index in [1.165, 1.54) is 25.3 Å². The lowest BCUT2D eigenvalue weighted by Gasteiger charge is -2.13. The van der Waals surface area contributed by atoms with Crippen molar-refractivity contribution >= 4 is 5.97 Å². The molecule has 2 aromatic rings. The minimum atomic E-state index is -1.81. The van der Waals surface area contributed by atoms with E-state index >= 15 is 0 Å². The maximum absolute atomic E-state index is 14.0. The summed E-state index contributed by atoms with van der Waals surface area (Å²) in [7, 11) is 1.34. The molecule has 0 N–H and O–H groups in total. The molecule has 1 heterocycles. The maximum Gasteiger partial charge on any atom is 0.347 e. The van der Waals surface area contributed by atoms with Crippen molar-refractivity contribution in [1.29, 1.82) is 0 Å². The number of carbonyl (C=O) groups is 1. The topological polar surface area (TPSA) is 57.3 Å². The van der Waals surface area contributed by atoms with Crippen LogP contribution in [0.2, 0.25) is 0 Å². The fraction of sp³-hybridized carbons (Fsp3) is 0.278.